The molecule has 1 heterocycles. The van der Waals surface area contributed by atoms with Crippen molar-refractivity contribution in [1.82, 2.24) is 0 Å². The quantitative estimate of drug-likeness (QED) is 0.765. The van der Waals surface area contributed by atoms with E-state index < -0.39 is 18.0 Å². The van der Waals surface area contributed by atoms with Gasteiger partial charge in [0.05, 0.1) is 0 Å². The zero-order valence-corrected chi connectivity index (χ0v) is 10.5. The lowest BCUT2D eigenvalue weighted by atomic mass is 9.87. The molecule has 1 spiro atoms. The lowest BCUT2D eigenvalue weighted by Crippen LogP contribution is -2.36. The normalized spacial score (nSPS) is 30.6. The molecule has 4 rings (SSSR count). The molecule has 4 heteroatoms. The first-order valence-corrected chi connectivity index (χ1v) is 6.43. The summed E-state index contributed by atoms with van der Waals surface area (Å²) in [6.07, 6.45) is -2.30. The Bertz CT molecular complexity index is 724. The average molecular weight is 268 g/mol. The molecule has 0 unspecified atom stereocenters. The third kappa shape index (κ3) is 1.19. The molecular weight excluding hydrogens is 256 g/mol. The summed E-state index contributed by atoms with van der Waals surface area (Å²) in [6.45, 7) is 0. The summed E-state index contributed by atoms with van der Waals surface area (Å²) in [5.41, 5.74) is 0.555. The Hall–Kier alpha value is -2.01. The standard InChI is InChI=1S/C16H12O4/c17-13-9-5-1-2-6-10(9)14(18)16(13)12-8-4-3-7-11(12)15(19)20-16/h1-8,13,15,17,19H/t13-,15+,16-/m1/s1. The smallest absolute Gasteiger partial charge is 0.202 e. The molecule has 2 aliphatic rings. The van der Waals surface area contributed by atoms with E-state index >= 15 is 0 Å². The number of hydrogen-bond acceptors (Lipinski definition) is 4. The number of carbonyl (C=O) groups is 1. The molecule has 2 aromatic carbocycles. The number of carbonyl (C=O) groups excluding carboxylic acids is 1. The van der Waals surface area contributed by atoms with Gasteiger partial charge in [-0.25, -0.2) is 0 Å². The summed E-state index contributed by atoms with van der Waals surface area (Å²) >= 11 is 0. The monoisotopic (exact) mass is 268 g/mol. The van der Waals surface area contributed by atoms with Crippen LogP contribution in [0.25, 0.3) is 0 Å². The second-order valence-electron chi connectivity index (χ2n) is 5.11. The highest BCUT2D eigenvalue weighted by molar-refractivity contribution is 6.08. The average Bonchev–Trinajstić information content (AvgIpc) is 2.90. The number of rotatable bonds is 0. The van der Waals surface area contributed by atoms with Crippen LogP contribution in [-0.4, -0.2) is 16.0 Å². The number of ether oxygens (including phenoxy) is 1. The molecular formula is C16H12O4. The van der Waals surface area contributed by atoms with Gasteiger partial charge in [0.1, 0.15) is 6.10 Å². The molecule has 100 valence electrons. The maximum absolute atomic E-state index is 12.7. The van der Waals surface area contributed by atoms with Gasteiger partial charge in [0, 0.05) is 16.7 Å². The predicted molar refractivity (Wildman–Crippen MR) is 69.9 cm³/mol. The minimum atomic E-state index is -1.51. The number of aliphatic hydroxyl groups is 2. The fourth-order valence-electron chi connectivity index (χ4n) is 3.23. The maximum Gasteiger partial charge on any atom is 0.202 e. The van der Waals surface area contributed by atoms with Crippen molar-refractivity contribution in [3.63, 3.8) is 0 Å². The van der Waals surface area contributed by atoms with Crippen LogP contribution in [0.1, 0.15) is 39.4 Å². The molecule has 4 nitrogen and oxygen atoms in total. The summed E-state index contributed by atoms with van der Waals surface area (Å²) in [6, 6.07) is 13.9. The van der Waals surface area contributed by atoms with Crippen LogP contribution in [0.15, 0.2) is 48.5 Å². The van der Waals surface area contributed by atoms with Crippen LogP contribution in [0.2, 0.25) is 0 Å². The van der Waals surface area contributed by atoms with Crippen LogP contribution in [0, 0.1) is 0 Å². The van der Waals surface area contributed by atoms with Gasteiger partial charge in [0.25, 0.3) is 0 Å². The van der Waals surface area contributed by atoms with Crippen LogP contribution in [0.3, 0.4) is 0 Å². The molecule has 1 aliphatic carbocycles. The zero-order chi connectivity index (χ0) is 13.9. The van der Waals surface area contributed by atoms with Crippen molar-refractivity contribution in [3.05, 3.63) is 70.8 Å². The Balaban J connectivity index is 1.99. The third-order valence-electron chi connectivity index (χ3n) is 4.15. The summed E-state index contributed by atoms with van der Waals surface area (Å²) in [7, 11) is 0. The van der Waals surface area contributed by atoms with Crippen LogP contribution in [-0.2, 0) is 10.3 Å². The summed E-state index contributed by atoms with van der Waals surface area (Å²) in [4.78, 5) is 12.7. The van der Waals surface area contributed by atoms with E-state index in [-0.39, 0.29) is 5.78 Å². The molecule has 2 aromatic rings. The minimum Gasteiger partial charge on any atom is -0.384 e. The molecule has 0 fully saturated rings. The second-order valence-corrected chi connectivity index (χ2v) is 5.11. The van der Waals surface area contributed by atoms with E-state index in [9.17, 15) is 15.0 Å². The van der Waals surface area contributed by atoms with Gasteiger partial charge in [-0.2, -0.15) is 0 Å². The van der Waals surface area contributed by atoms with Gasteiger partial charge in [-0.15, -0.1) is 0 Å². The van der Waals surface area contributed by atoms with E-state index in [2.05, 4.69) is 0 Å². The molecule has 0 amide bonds. The largest absolute Gasteiger partial charge is 0.384 e. The molecule has 20 heavy (non-hydrogen) atoms. The van der Waals surface area contributed by atoms with Gasteiger partial charge >= 0.3 is 0 Å². The second kappa shape index (κ2) is 3.76. The Morgan fingerprint density at radius 3 is 2.35 bits per heavy atom. The van der Waals surface area contributed by atoms with Crippen molar-refractivity contribution in [2.75, 3.05) is 0 Å². The molecule has 3 atom stereocenters. The Morgan fingerprint density at radius 2 is 1.60 bits per heavy atom. The number of aliphatic hydroxyl groups excluding tert-OH is 2. The molecule has 2 N–H and O–H groups in total. The SMILES string of the molecule is O=C1c2ccccc2[C@@H](O)[C@@]12O[C@H](O)c1ccccc12. The van der Waals surface area contributed by atoms with E-state index in [0.29, 0.717) is 22.3 Å². The highest BCUT2D eigenvalue weighted by atomic mass is 16.6. The lowest BCUT2D eigenvalue weighted by Gasteiger charge is -2.26. The van der Waals surface area contributed by atoms with E-state index in [4.69, 9.17) is 4.74 Å². The number of ketones is 1. The van der Waals surface area contributed by atoms with E-state index in [0.717, 1.165) is 0 Å². The van der Waals surface area contributed by atoms with Gasteiger partial charge in [-0.05, 0) is 5.56 Å². The van der Waals surface area contributed by atoms with Gasteiger partial charge in [-0.1, -0.05) is 48.5 Å². The van der Waals surface area contributed by atoms with Crippen LogP contribution in [0.4, 0.5) is 0 Å². The topological polar surface area (TPSA) is 66.8 Å². The number of Topliss-reactive ketones (excluding diaryl/α,β-unsaturated/α-hetero) is 1. The van der Waals surface area contributed by atoms with Crippen molar-refractivity contribution in [3.8, 4) is 0 Å². The highest BCUT2D eigenvalue weighted by Crippen LogP contribution is 2.55. The number of benzene rings is 2. The van der Waals surface area contributed by atoms with Crippen molar-refractivity contribution in [1.29, 1.82) is 0 Å². The predicted octanol–water partition coefficient (Wildman–Crippen LogP) is 1.83. The minimum absolute atomic E-state index is 0.301. The molecule has 0 bridgehead atoms. The third-order valence-corrected chi connectivity index (χ3v) is 4.15. The molecule has 1 aliphatic heterocycles. The molecule has 0 radical (unpaired) electrons. The molecule has 0 aromatic heterocycles. The van der Waals surface area contributed by atoms with Crippen LogP contribution in [0.5, 0.6) is 0 Å². The fraction of sp³-hybridized carbons (Fsp3) is 0.188. The first kappa shape index (κ1) is 11.8. The summed E-state index contributed by atoms with van der Waals surface area (Å²) in [5, 5.41) is 20.6. The van der Waals surface area contributed by atoms with Crippen molar-refractivity contribution >= 4 is 5.78 Å². The van der Waals surface area contributed by atoms with Crippen LogP contribution >= 0.6 is 0 Å². The van der Waals surface area contributed by atoms with Crippen molar-refractivity contribution in [2.45, 2.75) is 18.0 Å². The summed E-state index contributed by atoms with van der Waals surface area (Å²) in [5.74, 6) is -0.301. The summed E-state index contributed by atoms with van der Waals surface area (Å²) < 4.78 is 5.54. The molecule has 0 saturated heterocycles. The maximum atomic E-state index is 12.7. The Kier molecular flexibility index (Phi) is 2.22. The van der Waals surface area contributed by atoms with Gasteiger partial charge in [-0.3, -0.25) is 4.79 Å². The van der Waals surface area contributed by atoms with Gasteiger partial charge in [0.15, 0.2) is 11.9 Å². The fourth-order valence-corrected chi connectivity index (χ4v) is 3.23. The zero-order valence-electron chi connectivity index (χ0n) is 10.5. The van der Waals surface area contributed by atoms with Crippen LogP contribution < -0.4 is 0 Å². The Labute approximate surface area is 115 Å². The lowest BCUT2D eigenvalue weighted by molar-refractivity contribution is -0.185. The first-order valence-electron chi connectivity index (χ1n) is 6.43. The van der Waals surface area contributed by atoms with E-state index in [1.807, 2.05) is 0 Å². The highest BCUT2D eigenvalue weighted by Gasteiger charge is 2.60. The van der Waals surface area contributed by atoms with E-state index in [1.165, 1.54) is 0 Å². The first-order chi connectivity index (χ1) is 9.66. The van der Waals surface area contributed by atoms with Gasteiger partial charge in [0.2, 0.25) is 5.78 Å². The molecule has 0 saturated carbocycles. The van der Waals surface area contributed by atoms with Crippen molar-refractivity contribution < 1.29 is 19.7 Å². The number of fused-ring (bicyclic) bond motifs is 3. The van der Waals surface area contributed by atoms with E-state index in [1.54, 1.807) is 48.5 Å². The van der Waals surface area contributed by atoms with Gasteiger partial charge < -0.3 is 14.9 Å². The number of hydrogen-bond donors (Lipinski definition) is 2. The van der Waals surface area contributed by atoms with Crippen molar-refractivity contribution in [2.24, 2.45) is 0 Å². The Morgan fingerprint density at radius 1 is 0.950 bits per heavy atom.